The van der Waals surface area contributed by atoms with Crippen LogP contribution in [0.3, 0.4) is 0 Å². The van der Waals surface area contributed by atoms with Crippen molar-refractivity contribution in [3.8, 4) is 0 Å². The Morgan fingerprint density at radius 2 is 2.24 bits per heavy atom. The van der Waals surface area contributed by atoms with Crippen molar-refractivity contribution in [1.29, 1.82) is 0 Å². The maximum absolute atomic E-state index is 12.1. The van der Waals surface area contributed by atoms with Gasteiger partial charge in [-0.15, -0.1) is 23.7 Å². The summed E-state index contributed by atoms with van der Waals surface area (Å²) in [7, 11) is 0. The van der Waals surface area contributed by atoms with E-state index in [4.69, 9.17) is 0 Å². The molecule has 1 aromatic carbocycles. The number of nitrogens with zero attached hydrogens (tertiary/aromatic N) is 1. The summed E-state index contributed by atoms with van der Waals surface area (Å²) in [5.41, 5.74) is 3.56. The third kappa shape index (κ3) is 5.80. The van der Waals surface area contributed by atoms with Crippen molar-refractivity contribution < 1.29 is 4.79 Å². The molecular weight excluding hydrogens is 354 g/mol. The molecule has 2 heterocycles. The summed E-state index contributed by atoms with van der Waals surface area (Å²) in [6.45, 7) is 6.25. The van der Waals surface area contributed by atoms with E-state index in [-0.39, 0.29) is 18.3 Å². The number of thiazole rings is 1. The van der Waals surface area contributed by atoms with E-state index in [0.717, 1.165) is 36.8 Å². The van der Waals surface area contributed by atoms with Crippen molar-refractivity contribution in [1.82, 2.24) is 10.3 Å². The van der Waals surface area contributed by atoms with Gasteiger partial charge in [-0.05, 0) is 51.3 Å². The minimum atomic E-state index is 0. The Morgan fingerprint density at radius 1 is 1.40 bits per heavy atom. The summed E-state index contributed by atoms with van der Waals surface area (Å²) in [4.78, 5) is 17.9. The van der Waals surface area contributed by atoms with Crippen LogP contribution >= 0.6 is 23.7 Å². The number of carbonyl (C=O) groups excluding carboxylic acids is 1. The third-order valence-corrected chi connectivity index (χ3v) is 5.60. The lowest BCUT2D eigenvalue weighted by Crippen LogP contribution is -2.14. The molecule has 3 rings (SSSR count). The molecule has 0 bridgehead atoms. The van der Waals surface area contributed by atoms with Crippen molar-refractivity contribution in [3.63, 3.8) is 0 Å². The Morgan fingerprint density at radius 3 is 2.96 bits per heavy atom. The molecule has 4 nitrogen and oxygen atoms in total. The molecule has 2 aromatic rings. The summed E-state index contributed by atoms with van der Waals surface area (Å²) in [6, 6.07) is 8.53. The number of amides is 1. The first-order valence-electron chi connectivity index (χ1n) is 8.62. The first kappa shape index (κ1) is 19.9. The molecule has 0 radical (unpaired) electrons. The van der Waals surface area contributed by atoms with E-state index < -0.39 is 0 Å². The Balaban J connectivity index is 0.00000225. The van der Waals surface area contributed by atoms with Gasteiger partial charge in [0.1, 0.15) is 0 Å². The van der Waals surface area contributed by atoms with Crippen LogP contribution in [0.1, 0.15) is 41.0 Å². The van der Waals surface area contributed by atoms with Crippen LogP contribution in [0.2, 0.25) is 0 Å². The fourth-order valence-electron chi connectivity index (χ4n) is 3.13. The summed E-state index contributed by atoms with van der Waals surface area (Å²) < 4.78 is 0. The van der Waals surface area contributed by atoms with E-state index in [9.17, 15) is 4.79 Å². The maximum atomic E-state index is 12.1. The number of benzene rings is 1. The Labute approximate surface area is 159 Å². The van der Waals surface area contributed by atoms with E-state index in [1.54, 1.807) is 11.3 Å². The largest absolute Gasteiger partial charge is 0.316 e. The molecule has 1 unspecified atom stereocenters. The summed E-state index contributed by atoms with van der Waals surface area (Å²) in [5, 5.41) is 7.04. The minimum Gasteiger partial charge on any atom is -0.316 e. The predicted octanol–water partition coefficient (Wildman–Crippen LogP) is 4.10. The Hall–Kier alpha value is -1.43. The van der Waals surface area contributed by atoms with E-state index in [1.165, 1.54) is 22.4 Å². The number of hydrogen-bond acceptors (Lipinski definition) is 4. The molecule has 136 valence electrons. The zero-order valence-corrected chi connectivity index (χ0v) is 16.4. The number of carbonyl (C=O) groups is 1. The van der Waals surface area contributed by atoms with Gasteiger partial charge in [-0.1, -0.05) is 29.8 Å². The zero-order valence-electron chi connectivity index (χ0n) is 14.8. The first-order valence-corrected chi connectivity index (χ1v) is 9.44. The molecule has 0 spiro atoms. The van der Waals surface area contributed by atoms with Gasteiger partial charge < -0.3 is 10.6 Å². The molecule has 1 saturated heterocycles. The molecule has 25 heavy (non-hydrogen) atoms. The second-order valence-electron chi connectivity index (χ2n) is 6.64. The quantitative estimate of drug-likeness (QED) is 0.794. The highest BCUT2D eigenvalue weighted by Gasteiger charge is 2.16. The van der Waals surface area contributed by atoms with Crippen molar-refractivity contribution in [2.75, 3.05) is 18.4 Å². The number of nitrogens with one attached hydrogen (secondary N) is 2. The predicted molar refractivity (Wildman–Crippen MR) is 107 cm³/mol. The third-order valence-electron chi connectivity index (χ3n) is 4.53. The Bertz CT molecular complexity index is 710. The van der Waals surface area contributed by atoms with Gasteiger partial charge in [0.25, 0.3) is 0 Å². The van der Waals surface area contributed by atoms with Crippen LogP contribution in [-0.2, 0) is 11.2 Å². The van der Waals surface area contributed by atoms with Crippen LogP contribution in [0, 0.1) is 19.8 Å². The van der Waals surface area contributed by atoms with Gasteiger partial charge >= 0.3 is 0 Å². The van der Waals surface area contributed by atoms with Crippen LogP contribution in [0.4, 0.5) is 5.13 Å². The molecule has 1 aromatic heterocycles. The molecule has 1 atom stereocenters. The monoisotopic (exact) mass is 379 g/mol. The molecule has 2 N–H and O–H groups in total. The molecule has 6 heteroatoms. The second kappa shape index (κ2) is 9.32. The van der Waals surface area contributed by atoms with Gasteiger partial charge in [0.05, 0.1) is 5.69 Å². The maximum Gasteiger partial charge on any atom is 0.226 e. The number of hydrogen-bond donors (Lipinski definition) is 2. The lowest BCUT2D eigenvalue weighted by Gasteiger charge is -2.06. The first-order chi connectivity index (χ1) is 11.6. The average Bonchev–Trinajstić information content (AvgIpc) is 3.16. The van der Waals surface area contributed by atoms with Crippen molar-refractivity contribution >= 4 is 34.8 Å². The summed E-state index contributed by atoms with van der Waals surface area (Å²) in [6.07, 6.45) is 3.59. The smallest absolute Gasteiger partial charge is 0.226 e. The molecule has 1 fully saturated rings. The van der Waals surface area contributed by atoms with Crippen LogP contribution in [-0.4, -0.2) is 24.0 Å². The number of anilines is 1. The standard InChI is InChI=1S/C19H25N3OS.ClH/c1-13-4-3-5-16(10-13)11-17-14(2)21-19(24-17)22-18(23)7-6-15-8-9-20-12-15;/h3-5,10,15,20H,6-9,11-12H2,1-2H3,(H,21,22,23);1H. The fourth-order valence-corrected chi connectivity index (χ4v) is 4.14. The topological polar surface area (TPSA) is 54.0 Å². The van der Waals surface area contributed by atoms with Crippen LogP contribution in [0.25, 0.3) is 0 Å². The van der Waals surface area contributed by atoms with Crippen LogP contribution < -0.4 is 10.6 Å². The SMILES string of the molecule is Cc1cccc(Cc2sc(NC(=O)CCC3CCNC3)nc2C)c1.Cl. The van der Waals surface area contributed by atoms with Crippen molar-refractivity contribution in [3.05, 3.63) is 46.0 Å². The minimum absolute atomic E-state index is 0. The molecule has 1 amide bonds. The normalized spacial score (nSPS) is 16.5. The lowest BCUT2D eigenvalue weighted by atomic mass is 10.0. The molecule has 1 aliphatic rings. The van der Waals surface area contributed by atoms with Gasteiger partial charge in [-0.2, -0.15) is 0 Å². The molecule has 0 aliphatic carbocycles. The fraction of sp³-hybridized carbons (Fsp3) is 0.474. The average molecular weight is 380 g/mol. The number of rotatable bonds is 6. The summed E-state index contributed by atoms with van der Waals surface area (Å²) in [5.74, 6) is 0.725. The second-order valence-corrected chi connectivity index (χ2v) is 7.72. The van der Waals surface area contributed by atoms with Gasteiger partial charge in [0.15, 0.2) is 5.13 Å². The van der Waals surface area contributed by atoms with Gasteiger partial charge in [0, 0.05) is 17.7 Å². The number of halogens is 1. The number of aryl methyl sites for hydroxylation is 2. The van der Waals surface area contributed by atoms with Crippen molar-refractivity contribution in [2.24, 2.45) is 5.92 Å². The summed E-state index contributed by atoms with van der Waals surface area (Å²) >= 11 is 1.59. The highest BCUT2D eigenvalue weighted by atomic mass is 35.5. The van der Waals surface area contributed by atoms with E-state index in [1.807, 2.05) is 6.92 Å². The van der Waals surface area contributed by atoms with Crippen LogP contribution in [0.5, 0.6) is 0 Å². The Kier molecular flexibility index (Phi) is 7.41. The number of aromatic nitrogens is 1. The zero-order chi connectivity index (χ0) is 16.9. The van der Waals surface area contributed by atoms with Crippen molar-refractivity contribution in [2.45, 2.75) is 39.5 Å². The van der Waals surface area contributed by atoms with Crippen LogP contribution in [0.15, 0.2) is 24.3 Å². The van der Waals surface area contributed by atoms with E-state index in [0.29, 0.717) is 12.3 Å². The van der Waals surface area contributed by atoms with E-state index in [2.05, 4.69) is 46.8 Å². The van der Waals surface area contributed by atoms with Gasteiger partial charge in [0.2, 0.25) is 5.91 Å². The molecule has 0 saturated carbocycles. The van der Waals surface area contributed by atoms with Gasteiger partial charge in [-0.25, -0.2) is 4.98 Å². The van der Waals surface area contributed by atoms with Gasteiger partial charge in [-0.3, -0.25) is 4.79 Å². The molecule has 1 aliphatic heterocycles. The highest BCUT2D eigenvalue weighted by Crippen LogP contribution is 2.26. The lowest BCUT2D eigenvalue weighted by molar-refractivity contribution is -0.116. The van der Waals surface area contributed by atoms with E-state index >= 15 is 0 Å². The highest BCUT2D eigenvalue weighted by molar-refractivity contribution is 7.15. The molecular formula is C19H26ClN3OS.